The lowest BCUT2D eigenvalue weighted by Gasteiger charge is -2.07. The van der Waals surface area contributed by atoms with Crippen LogP contribution in [0.3, 0.4) is 0 Å². The van der Waals surface area contributed by atoms with E-state index in [0.717, 1.165) is 28.3 Å². The second-order valence-electron chi connectivity index (χ2n) is 6.96. The number of nitrogens with two attached hydrogens (primary N) is 1. The number of benzene rings is 3. The summed E-state index contributed by atoms with van der Waals surface area (Å²) in [5, 5.41) is 7.57. The van der Waals surface area contributed by atoms with Gasteiger partial charge in [-0.1, -0.05) is 48.0 Å². The summed E-state index contributed by atoms with van der Waals surface area (Å²) in [4.78, 5) is 2.23. The van der Waals surface area contributed by atoms with E-state index in [-0.39, 0.29) is 13.2 Å². The fourth-order valence-electron chi connectivity index (χ4n) is 3.16. The van der Waals surface area contributed by atoms with Crippen LogP contribution in [-0.2, 0) is 6.42 Å². The molecule has 2 N–H and O–H groups in total. The van der Waals surface area contributed by atoms with Crippen LogP contribution in [0.2, 0.25) is 5.02 Å². The van der Waals surface area contributed by atoms with Crippen LogP contribution in [-0.4, -0.2) is 19.4 Å². The van der Waals surface area contributed by atoms with Crippen molar-refractivity contribution >= 4 is 45.0 Å². The molecule has 0 fully saturated rings. The van der Waals surface area contributed by atoms with Gasteiger partial charge in [0.2, 0.25) is 0 Å². The van der Waals surface area contributed by atoms with E-state index in [1.54, 1.807) is 12.1 Å². The number of alkyl halides is 1. The molecule has 160 valence electrons. The number of hydrogen-bond acceptors (Lipinski definition) is 5. The quantitative estimate of drug-likeness (QED) is 0.328. The summed E-state index contributed by atoms with van der Waals surface area (Å²) in [7, 11) is 0. The Hall–Kier alpha value is -2.25. The highest BCUT2D eigenvalue weighted by Gasteiger charge is 2.17. The van der Waals surface area contributed by atoms with Crippen LogP contribution in [0.5, 0.6) is 11.5 Å². The van der Waals surface area contributed by atoms with E-state index in [9.17, 15) is 4.39 Å². The largest absolute Gasteiger partial charge is 0.487 e. The molecule has 2 heterocycles. The molecule has 0 saturated carbocycles. The summed E-state index contributed by atoms with van der Waals surface area (Å²) in [6.07, 6.45) is -0.157. The minimum Gasteiger partial charge on any atom is -0.487 e. The van der Waals surface area contributed by atoms with E-state index in [1.807, 2.05) is 35.6 Å². The van der Waals surface area contributed by atoms with Crippen molar-refractivity contribution in [2.24, 2.45) is 5.14 Å². The third kappa shape index (κ3) is 5.71. The first-order valence-corrected chi connectivity index (χ1v) is 11.8. The topological polar surface area (TPSA) is 44.5 Å². The number of fused-ring (bicyclic) bond motifs is 2. The van der Waals surface area contributed by atoms with Gasteiger partial charge >= 0.3 is 0 Å². The highest BCUT2D eigenvalue weighted by molar-refractivity contribution is 7.97. The van der Waals surface area contributed by atoms with Gasteiger partial charge in [0.05, 0.1) is 0 Å². The first kappa shape index (κ1) is 22.0. The van der Waals surface area contributed by atoms with Gasteiger partial charge < -0.3 is 9.47 Å². The molecule has 0 aliphatic carbocycles. The maximum Gasteiger partial charge on any atom is 0.168 e. The van der Waals surface area contributed by atoms with Gasteiger partial charge in [-0.3, -0.25) is 5.14 Å². The Morgan fingerprint density at radius 1 is 0.968 bits per heavy atom. The average molecular weight is 474 g/mol. The standard InChI is InChI=1S/C15H11ClS.C9H10FNO2S/c16-14-7-3-1-5-11(14)9-13-10-12-6-2-4-8-15(12)17-13;10-6-4-12-8-2-1-7(14-11)3-9(8)13-5-6/h1-8,10H,9H2;1-3,6H,4-5,11H2/t;6-/m.0/s1. The highest BCUT2D eigenvalue weighted by Crippen LogP contribution is 2.33. The van der Waals surface area contributed by atoms with Crippen molar-refractivity contribution in [3.05, 3.63) is 88.3 Å². The van der Waals surface area contributed by atoms with E-state index >= 15 is 0 Å². The summed E-state index contributed by atoms with van der Waals surface area (Å²) in [5.74, 6) is 1.13. The Bertz CT molecular complexity index is 1130. The zero-order valence-electron chi connectivity index (χ0n) is 16.6. The molecule has 0 bridgehead atoms. The van der Waals surface area contributed by atoms with Gasteiger partial charge in [0.25, 0.3) is 0 Å². The molecule has 31 heavy (non-hydrogen) atoms. The summed E-state index contributed by atoms with van der Waals surface area (Å²) in [6, 6.07) is 24.1. The maximum atomic E-state index is 12.9. The van der Waals surface area contributed by atoms with Crippen molar-refractivity contribution in [2.45, 2.75) is 17.5 Å². The zero-order chi connectivity index (χ0) is 21.6. The molecule has 1 aliphatic heterocycles. The number of rotatable bonds is 3. The fraction of sp³-hybridized carbons (Fsp3) is 0.167. The Morgan fingerprint density at radius 2 is 1.71 bits per heavy atom. The van der Waals surface area contributed by atoms with E-state index in [2.05, 4.69) is 36.4 Å². The second-order valence-corrected chi connectivity index (χ2v) is 9.25. The molecule has 1 aromatic heterocycles. The van der Waals surface area contributed by atoms with Crippen molar-refractivity contribution in [2.75, 3.05) is 13.2 Å². The Kier molecular flexibility index (Phi) is 7.35. The number of ether oxygens (including phenoxy) is 2. The maximum absolute atomic E-state index is 12.9. The van der Waals surface area contributed by atoms with Crippen LogP contribution in [0, 0.1) is 0 Å². The van der Waals surface area contributed by atoms with Crippen molar-refractivity contribution in [3.63, 3.8) is 0 Å². The Morgan fingerprint density at radius 3 is 2.48 bits per heavy atom. The first-order chi connectivity index (χ1) is 15.1. The van der Waals surface area contributed by atoms with Gasteiger partial charge in [-0.2, -0.15) is 0 Å². The van der Waals surface area contributed by atoms with Crippen LogP contribution < -0.4 is 14.6 Å². The predicted molar refractivity (Wildman–Crippen MR) is 128 cm³/mol. The van der Waals surface area contributed by atoms with Crippen LogP contribution in [0.4, 0.5) is 4.39 Å². The predicted octanol–water partition coefficient (Wildman–Crippen LogP) is 6.91. The summed E-state index contributed by atoms with van der Waals surface area (Å²) in [5.41, 5.74) is 1.20. The molecule has 3 aromatic carbocycles. The highest BCUT2D eigenvalue weighted by atomic mass is 35.5. The molecule has 0 amide bonds. The minimum absolute atomic E-state index is 0.0334. The summed E-state index contributed by atoms with van der Waals surface area (Å²) >= 11 is 9.14. The molecule has 1 aliphatic rings. The average Bonchev–Trinajstić information content (AvgIpc) is 3.11. The van der Waals surface area contributed by atoms with E-state index in [4.69, 9.17) is 26.2 Å². The van der Waals surface area contributed by atoms with Gasteiger partial charge in [0, 0.05) is 25.9 Å². The van der Waals surface area contributed by atoms with Gasteiger partial charge in [-0.25, -0.2) is 4.39 Å². The number of halogens is 2. The molecular weight excluding hydrogens is 453 g/mol. The molecule has 5 rings (SSSR count). The third-order valence-electron chi connectivity index (χ3n) is 4.69. The fourth-order valence-corrected chi connectivity index (χ4v) is 4.77. The van der Waals surface area contributed by atoms with Gasteiger partial charge in [0.15, 0.2) is 17.7 Å². The lowest BCUT2D eigenvalue weighted by Crippen LogP contribution is -2.17. The smallest absolute Gasteiger partial charge is 0.168 e. The van der Waals surface area contributed by atoms with E-state index < -0.39 is 6.17 Å². The van der Waals surface area contributed by atoms with Crippen LogP contribution in [0.15, 0.2) is 77.7 Å². The molecule has 0 unspecified atom stereocenters. The lowest BCUT2D eigenvalue weighted by atomic mass is 10.1. The molecular formula is C24H21ClFNO2S2. The molecule has 7 heteroatoms. The van der Waals surface area contributed by atoms with Gasteiger partial charge in [0.1, 0.15) is 13.2 Å². The van der Waals surface area contributed by atoms with E-state index in [0.29, 0.717) is 11.5 Å². The van der Waals surface area contributed by atoms with E-state index in [1.165, 1.54) is 20.5 Å². The zero-order valence-corrected chi connectivity index (χ0v) is 19.0. The summed E-state index contributed by atoms with van der Waals surface area (Å²) < 4.78 is 24.7. The van der Waals surface area contributed by atoms with Crippen LogP contribution in [0.25, 0.3) is 10.1 Å². The monoisotopic (exact) mass is 473 g/mol. The molecule has 3 nitrogen and oxygen atoms in total. The molecule has 0 radical (unpaired) electrons. The molecule has 0 spiro atoms. The number of hydrogen-bond donors (Lipinski definition) is 1. The van der Waals surface area contributed by atoms with Crippen LogP contribution >= 0.6 is 34.9 Å². The van der Waals surface area contributed by atoms with Crippen molar-refractivity contribution in [1.29, 1.82) is 0 Å². The van der Waals surface area contributed by atoms with Gasteiger partial charge in [-0.15, -0.1) is 11.3 Å². The van der Waals surface area contributed by atoms with Crippen molar-refractivity contribution in [3.8, 4) is 11.5 Å². The molecule has 1 atom stereocenters. The second kappa shape index (κ2) is 10.4. The Balaban J connectivity index is 0.000000152. The number of thiophene rings is 1. The first-order valence-electron chi connectivity index (χ1n) is 9.73. The SMILES string of the molecule is Clc1ccccc1Cc1cc2ccccc2s1.NSc1ccc2c(c1)OC[C@@H](F)CO2. The van der Waals surface area contributed by atoms with Crippen molar-refractivity contribution < 1.29 is 13.9 Å². The molecule has 4 aromatic rings. The summed E-state index contributed by atoms with van der Waals surface area (Å²) in [6.45, 7) is 0.0772. The van der Waals surface area contributed by atoms with Crippen LogP contribution in [0.1, 0.15) is 10.4 Å². The molecule has 0 saturated heterocycles. The van der Waals surface area contributed by atoms with Gasteiger partial charge in [-0.05, 0) is 59.3 Å². The third-order valence-corrected chi connectivity index (χ3v) is 6.70. The lowest BCUT2D eigenvalue weighted by molar-refractivity contribution is 0.162. The Labute approximate surface area is 194 Å². The van der Waals surface area contributed by atoms with Crippen molar-refractivity contribution in [1.82, 2.24) is 0 Å². The minimum atomic E-state index is -1.07. The normalized spacial score (nSPS) is 15.1.